The van der Waals surface area contributed by atoms with Crippen molar-refractivity contribution >= 4 is 67.9 Å². The van der Waals surface area contributed by atoms with Crippen LogP contribution >= 0.6 is 11.3 Å². The predicted molar refractivity (Wildman–Crippen MR) is 305 cm³/mol. The first kappa shape index (κ1) is 40.2. The summed E-state index contributed by atoms with van der Waals surface area (Å²) in [5.74, 6) is 0.423. The largest absolute Gasteiger partial charge is 0.311 e. The molecule has 0 fully saturated rings. The van der Waals surface area contributed by atoms with Crippen LogP contribution < -0.4 is 25.5 Å². The fraction of sp³-hybridized carbons (Fsp3) is 0.0725. The summed E-state index contributed by atoms with van der Waals surface area (Å²) in [7, 11) is 0. The molecule has 340 valence electrons. The first-order chi connectivity index (χ1) is 36.1. The molecule has 10 aromatic carbocycles. The summed E-state index contributed by atoms with van der Waals surface area (Å²) in [6.45, 7) is 4.53. The molecule has 0 radical (unpaired) electrons. The van der Waals surface area contributed by atoms with Gasteiger partial charge in [0.2, 0.25) is 0 Å². The molecule has 17 rings (SSSR count). The Morgan fingerprint density at radius 1 is 0.384 bits per heavy atom. The van der Waals surface area contributed by atoms with Crippen LogP contribution in [-0.4, -0.2) is 6.71 Å². The van der Waals surface area contributed by atoms with Crippen LogP contribution in [0.5, 0.6) is 0 Å². The lowest BCUT2D eigenvalue weighted by Crippen LogP contribution is -2.60. The van der Waals surface area contributed by atoms with E-state index >= 15 is 0 Å². The molecular formula is C69H45BN2S. The van der Waals surface area contributed by atoms with Crippen molar-refractivity contribution in [1.29, 1.82) is 0 Å². The number of rotatable bonds is 3. The second-order valence-electron chi connectivity index (χ2n) is 21.1. The number of anilines is 6. The van der Waals surface area contributed by atoms with Crippen molar-refractivity contribution in [2.24, 2.45) is 0 Å². The van der Waals surface area contributed by atoms with E-state index in [1.165, 1.54) is 144 Å². The standard InChI is InChI=1S/C69H45BN2S/c1-41(2)42-35-37-44(38-36-42)71-60-33-18-34-61-64(60)70(59-39-51-49-25-10-14-29-54(49)68(58(51)40-62(59)71)52-27-12-6-21-45(52)46-22-7-13-28-53(46)68)67-65(72(61)43-19-4-3-5-20-43)63-50-26-11-17-32-57(50)69(66(63)73-67)55-30-15-8-23-47(55)48-24-9-16-31-56(48)69/h3-41H,1-2H3. The first-order valence-corrected chi connectivity index (χ1v) is 26.7. The molecule has 3 heterocycles. The third-order valence-corrected chi connectivity index (χ3v) is 19.0. The van der Waals surface area contributed by atoms with Crippen molar-refractivity contribution in [1.82, 2.24) is 0 Å². The van der Waals surface area contributed by atoms with E-state index in [2.05, 4.69) is 266 Å². The monoisotopic (exact) mass is 944 g/mol. The molecular weight excluding hydrogens is 900 g/mol. The Labute approximate surface area is 430 Å². The van der Waals surface area contributed by atoms with Gasteiger partial charge in [0.25, 0.3) is 6.71 Å². The van der Waals surface area contributed by atoms with E-state index in [-0.39, 0.29) is 6.71 Å². The number of hydrogen-bond acceptors (Lipinski definition) is 3. The minimum absolute atomic E-state index is 0.0498. The van der Waals surface area contributed by atoms with Crippen molar-refractivity contribution in [3.63, 3.8) is 0 Å². The average Bonchev–Trinajstić information content (AvgIpc) is 4.26. The Morgan fingerprint density at radius 3 is 1.38 bits per heavy atom. The summed E-state index contributed by atoms with van der Waals surface area (Å²) in [5, 5.41) is 0. The van der Waals surface area contributed by atoms with E-state index in [0.29, 0.717) is 5.92 Å². The van der Waals surface area contributed by atoms with Crippen molar-refractivity contribution < 1.29 is 0 Å². The molecule has 4 aliphatic carbocycles. The summed E-state index contributed by atoms with van der Waals surface area (Å²) >= 11 is 2.07. The lowest BCUT2D eigenvalue weighted by molar-refractivity contribution is 0.794. The normalized spacial score (nSPS) is 15.2. The second kappa shape index (κ2) is 14.2. The van der Waals surface area contributed by atoms with Crippen LogP contribution in [0.3, 0.4) is 0 Å². The van der Waals surface area contributed by atoms with Crippen LogP contribution in [-0.2, 0) is 10.8 Å². The topological polar surface area (TPSA) is 6.48 Å². The highest BCUT2D eigenvalue weighted by atomic mass is 32.1. The Bertz CT molecular complexity index is 4130. The molecule has 4 heteroatoms. The predicted octanol–water partition coefficient (Wildman–Crippen LogP) is 15.6. The fourth-order valence-corrected chi connectivity index (χ4v) is 16.6. The molecule has 1 aromatic heterocycles. The smallest absolute Gasteiger partial charge is 0.264 e. The van der Waals surface area contributed by atoms with Gasteiger partial charge in [-0.15, -0.1) is 11.3 Å². The maximum absolute atomic E-state index is 2.65. The zero-order valence-electron chi connectivity index (χ0n) is 40.4. The summed E-state index contributed by atoms with van der Waals surface area (Å²) in [6.07, 6.45) is 0. The van der Waals surface area contributed by atoms with Gasteiger partial charge in [-0.1, -0.05) is 202 Å². The van der Waals surface area contributed by atoms with Crippen LogP contribution in [0.4, 0.5) is 34.1 Å². The lowest BCUT2D eigenvalue weighted by Gasteiger charge is -2.44. The summed E-state index contributed by atoms with van der Waals surface area (Å²) in [4.78, 5) is 6.68. The Balaban J connectivity index is 1.02. The van der Waals surface area contributed by atoms with Gasteiger partial charge in [-0.05, 0) is 143 Å². The van der Waals surface area contributed by atoms with Crippen molar-refractivity contribution in [3.8, 4) is 44.5 Å². The van der Waals surface area contributed by atoms with Crippen molar-refractivity contribution in [2.45, 2.75) is 30.6 Å². The highest BCUT2D eigenvalue weighted by Crippen LogP contribution is 2.68. The number of nitrogens with zero attached hydrogens (tertiary/aromatic N) is 2. The molecule has 2 aliphatic heterocycles. The molecule has 0 N–H and O–H groups in total. The Morgan fingerprint density at radius 2 is 0.836 bits per heavy atom. The molecule has 0 amide bonds. The third kappa shape index (κ3) is 4.74. The highest BCUT2D eigenvalue weighted by molar-refractivity contribution is 7.30. The molecule has 2 nitrogen and oxygen atoms in total. The maximum atomic E-state index is 2.65. The molecule has 6 aliphatic rings. The van der Waals surface area contributed by atoms with E-state index in [1.807, 2.05) is 0 Å². The van der Waals surface area contributed by atoms with Gasteiger partial charge in [-0.3, -0.25) is 0 Å². The molecule has 2 spiro atoms. The van der Waals surface area contributed by atoms with Crippen molar-refractivity contribution in [2.75, 3.05) is 9.80 Å². The van der Waals surface area contributed by atoms with Gasteiger partial charge in [0.05, 0.1) is 16.5 Å². The maximum Gasteiger partial charge on any atom is 0.264 e. The summed E-state index contributed by atoms with van der Waals surface area (Å²) in [5.41, 5.74) is 30.7. The van der Waals surface area contributed by atoms with Crippen LogP contribution in [0.15, 0.2) is 231 Å². The van der Waals surface area contributed by atoms with Crippen LogP contribution in [0.1, 0.15) is 69.2 Å². The molecule has 0 bridgehead atoms. The number of thiophene rings is 1. The van der Waals surface area contributed by atoms with Crippen LogP contribution in [0, 0.1) is 0 Å². The molecule has 0 atom stereocenters. The van der Waals surface area contributed by atoms with Gasteiger partial charge >= 0.3 is 0 Å². The van der Waals surface area contributed by atoms with E-state index in [0.717, 1.165) is 0 Å². The van der Waals surface area contributed by atoms with E-state index in [9.17, 15) is 0 Å². The fourth-order valence-electron chi connectivity index (χ4n) is 14.9. The van der Waals surface area contributed by atoms with Crippen molar-refractivity contribution in [3.05, 3.63) is 280 Å². The average molecular weight is 945 g/mol. The highest BCUT2D eigenvalue weighted by Gasteiger charge is 2.58. The molecule has 0 unspecified atom stereocenters. The molecule has 73 heavy (non-hydrogen) atoms. The van der Waals surface area contributed by atoms with Crippen LogP contribution in [0.2, 0.25) is 0 Å². The summed E-state index contributed by atoms with van der Waals surface area (Å²) < 4.78 is 1.40. The van der Waals surface area contributed by atoms with Gasteiger partial charge in [0.1, 0.15) is 0 Å². The SMILES string of the molecule is CC(C)c1ccc(N2c3cc4c(cc3B3c5sc6c(c5N(c5ccccc5)c5cccc2c53)-c2ccccc2C62c3ccccc3-c3ccccc32)-c2ccccc2C42c3ccccc3-c3ccccc32)cc1. The molecule has 0 saturated carbocycles. The van der Waals surface area contributed by atoms with Gasteiger partial charge < -0.3 is 9.80 Å². The zero-order valence-corrected chi connectivity index (χ0v) is 41.2. The van der Waals surface area contributed by atoms with E-state index in [1.54, 1.807) is 0 Å². The summed E-state index contributed by atoms with van der Waals surface area (Å²) in [6, 6.07) is 88.5. The number of hydrogen-bond donors (Lipinski definition) is 0. The quantitative estimate of drug-likeness (QED) is 0.163. The van der Waals surface area contributed by atoms with E-state index in [4.69, 9.17) is 0 Å². The lowest BCUT2D eigenvalue weighted by atomic mass is 9.36. The third-order valence-electron chi connectivity index (χ3n) is 17.6. The van der Waals surface area contributed by atoms with Gasteiger partial charge in [-0.25, -0.2) is 0 Å². The second-order valence-corrected chi connectivity index (χ2v) is 22.2. The molecule has 0 saturated heterocycles. The van der Waals surface area contributed by atoms with Gasteiger partial charge in [-0.2, -0.15) is 0 Å². The molecule has 11 aromatic rings. The minimum Gasteiger partial charge on any atom is -0.311 e. The Kier molecular flexibility index (Phi) is 7.80. The van der Waals surface area contributed by atoms with Gasteiger partial charge in [0.15, 0.2) is 0 Å². The first-order valence-electron chi connectivity index (χ1n) is 25.9. The minimum atomic E-state index is -0.477. The number of benzene rings is 10. The van der Waals surface area contributed by atoms with Gasteiger partial charge in [0, 0.05) is 43.7 Å². The Hall–Kier alpha value is -8.44. The number of fused-ring (bicyclic) bond motifs is 25. The number of para-hydroxylation sites is 1. The van der Waals surface area contributed by atoms with E-state index < -0.39 is 10.8 Å². The zero-order chi connectivity index (χ0) is 47.9. The van der Waals surface area contributed by atoms with Crippen LogP contribution in [0.25, 0.3) is 44.5 Å².